The molecule has 0 atom stereocenters. The molecular formula is C82H46N16Pt2+2. The van der Waals surface area contributed by atoms with E-state index in [1.54, 1.807) is 0 Å². The Morgan fingerprint density at radius 2 is 0.350 bits per heavy atom. The molecule has 472 valence electrons. The number of fused-ring (bicyclic) bond motifs is 36. The summed E-state index contributed by atoms with van der Waals surface area (Å²) in [7, 11) is 4.00. The summed E-state index contributed by atoms with van der Waals surface area (Å²) < 4.78 is 4.07. The van der Waals surface area contributed by atoms with E-state index in [0.717, 1.165) is 155 Å². The molecule has 0 N–H and O–H groups in total. The number of benzene rings is 12. The second-order valence-corrected chi connectivity index (χ2v) is 25.0. The fourth-order valence-electron chi connectivity index (χ4n) is 14.5. The van der Waals surface area contributed by atoms with Crippen LogP contribution >= 0.6 is 0 Å². The largest absolute Gasteiger partial charge is 0.273 e. The normalized spacial score (nSPS) is 16.3. The number of aliphatic imine (C=N–C) groups is 14. The third kappa shape index (κ3) is 9.14. The van der Waals surface area contributed by atoms with Gasteiger partial charge < -0.3 is 0 Å². The summed E-state index contributed by atoms with van der Waals surface area (Å²) in [5, 5.41) is 8.83. The van der Waals surface area contributed by atoms with Crippen LogP contribution in [0.5, 0.6) is 0 Å². The van der Waals surface area contributed by atoms with Crippen molar-refractivity contribution in [1.82, 2.24) is 0 Å². The Morgan fingerprint density at radius 3 is 0.650 bits per heavy atom. The molecule has 16 nitrogen and oxygen atoms in total. The molecule has 0 amide bonds. The van der Waals surface area contributed by atoms with E-state index >= 15 is 0 Å². The van der Waals surface area contributed by atoms with Gasteiger partial charge in [0.2, 0.25) is 23.3 Å². The van der Waals surface area contributed by atoms with Crippen molar-refractivity contribution in [3.05, 3.63) is 332 Å². The van der Waals surface area contributed by atoms with Crippen molar-refractivity contribution in [1.29, 1.82) is 0 Å². The van der Waals surface area contributed by atoms with Crippen molar-refractivity contribution >= 4 is 136 Å². The van der Waals surface area contributed by atoms with E-state index in [4.69, 9.17) is 69.9 Å². The van der Waals surface area contributed by atoms with Gasteiger partial charge in [0.15, 0.2) is 46.7 Å². The summed E-state index contributed by atoms with van der Waals surface area (Å²) in [6, 6.07) is 83.1. The second-order valence-electron chi connectivity index (χ2n) is 25.0. The van der Waals surface area contributed by atoms with Gasteiger partial charge >= 0.3 is 0 Å². The zero-order chi connectivity index (χ0) is 64.4. The van der Waals surface area contributed by atoms with Gasteiger partial charge in [-0.2, -0.15) is 20.0 Å². The first-order chi connectivity index (χ1) is 48.3. The van der Waals surface area contributed by atoms with E-state index in [9.17, 15) is 0 Å². The Kier molecular flexibility index (Phi) is 13.4. The van der Waals surface area contributed by atoms with E-state index in [-0.39, 0.29) is 42.1 Å². The van der Waals surface area contributed by atoms with Crippen LogP contribution in [-0.2, 0) is 42.1 Å². The van der Waals surface area contributed by atoms with E-state index in [2.05, 4.69) is 162 Å². The molecule has 12 aromatic carbocycles. The van der Waals surface area contributed by atoms with Gasteiger partial charge in [0.05, 0.1) is 36.3 Å². The monoisotopic (exact) mass is 1640 g/mol. The molecule has 0 spiro atoms. The maximum Gasteiger partial charge on any atom is 0.273 e. The standard InChI is InChI=1S/C49H27N8.C33H19N8.2Pt/c1-57-48-40-24-32-16-8-9-17-33(32)25-41(40)49(57)56-47-39-23-31-15-7-5-13-29(31)21-37(39)45(54-47)52-43-35-19-27-11-3-2-10-26(27)18-34(35)42(50-43)51-44-36-20-28-12-4-6-14-30(28)22-38(36)46(53-44)55-48;1-41-32-24-16-8-9-17-25(24)33(41)40-31-23-15-7-5-13-21(23)29(38-31)36-27-19-11-3-2-10-18(19)26(34-27)35-28-20-12-4-6-14-22(20)30(37-28)39-32;;/h2-25H,1H3;2-17H,1H3;;/q2*+1;;. The van der Waals surface area contributed by atoms with Crippen LogP contribution < -0.4 is 0 Å². The van der Waals surface area contributed by atoms with E-state index < -0.39 is 0 Å². The number of hydrogen-bond donors (Lipinski definition) is 0. The molecule has 10 aliphatic rings. The molecule has 0 saturated heterocycles. The van der Waals surface area contributed by atoms with Gasteiger partial charge in [0.25, 0.3) is 23.3 Å². The summed E-state index contributed by atoms with van der Waals surface area (Å²) in [5.74, 6) is 9.87. The Balaban J connectivity index is 0.000000144. The summed E-state index contributed by atoms with van der Waals surface area (Å²) in [6.45, 7) is 0. The SMILES string of the molecule is C[N+]1=C2N=C3N=C(N=C4N=C(N=C5N=C(N=C1c1cc6ccccc6cc12)c1cc2ccccc2cc15)c1cc2ccccc2cc14)c1cc2ccccc2cc13.C[N+]1=C2N=C3N=C(N=C4N=C(N=C5N=C(N=C1c1ccccc12)c1ccccc15)c1ccccc14)c1ccccc13.[Pt].[Pt]. The maximum atomic E-state index is 5.42. The molecule has 100 heavy (non-hydrogen) atoms. The Hall–Kier alpha value is -12.2. The van der Waals surface area contributed by atoms with Crippen LogP contribution in [0, 0.1) is 0 Å². The molecule has 0 aromatic heterocycles. The smallest absolute Gasteiger partial charge is 0.229 e. The van der Waals surface area contributed by atoms with Crippen LogP contribution in [0.15, 0.2) is 313 Å². The van der Waals surface area contributed by atoms with E-state index in [0.29, 0.717) is 70.0 Å². The minimum Gasteiger partial charge on any atom is -0.229 e. The summed E-state index contributed by atoms with van der Waals surface area (Å²) >= 11 is 0. The van der Waals surface area contributed by atoms with Crippen molar-refractivity contribution in [2.75, 3.05) is 14.1 Å². The summed E-state index contributed by atoms with van der Waals surface area (Å²) in [6.07, 6.45) is 0. The third-order valence-electron chi connectivity index (χ3n) is 19.3. The number of nitrogens with zero attached hydrogens (tertiary/aromatic N) is 16. The van der Waals surface area contributed by atoms with Crippen molar-refractivity contribution < 1.29 is 51.3 Å². The molecular weight excluding hydrogens is 1600 g/mol. The number of amidine groups is 16. The van der Waals surface area contributed by atoms with Crippen molar-refractivity contribution in [2.24, 2.45) is 69.9 Å². The van der Waals surface area contributed by atoms with E-state index in [1.165, 1.54) is 0 Å². The topological polar surface area (TPSA) is 179 Å². The average molecular weight is 1650 g/mol. The fourth-order valence-corrected chi connectivity index (χ4v) is 14.5. The zero-order valence-electron chi connectivity index (χ0n) is 52.9. The molecule has 22 rings (SSSR count). The van der Waals surface area contributed by atoms with Gasteiger partial charge in [-0.05, 0) is 116 Å². The van der Waals surface area contributed by atoms with Crippen LogP contribution in [-0.4, -0.2) is 117 Å². The maximum absolute atomic E-state index is 5.42. The van der Waals surface area contributed by atoms with Gasteiger partial charge in [-0.3, -0.25) is 0 Å². The Bertz CT molecular complexity index is 6440. The van der Waals surface area contributed by atoms with Crippen LogP contribution in [0.3, 0.4) is 0 Å². The van der Waals surface area contributed by atoms with Gasteiger partial charge in [0, 0.05) is 109 Å². The molecule has 12 aromatic rings. The van der Waals surface area contributed by atoms with Crippen LogP contribution in [0.4, 0.5) is 0 Å². The fraction of sp³-hybridized carbons (Fsp3) is 0.0244. The first-order valence-electron chi connectivity index (χ1n) is 32.3. The summed E-state index contributed by atoms with van der Waals surface area (Å²) in [4.78, 5) is 72.0. The molecule has 0 aliphatic carbocycles. The molecule has 0 fully saturated rings. The van der Waals surface area contributed by atoms with Gasteiger partial charge in [0.1, 0.15) is 0 Å². The Labute approximate surface area is 599 Å². The quantitative estimate of drug-likeness (QED) is 0.131. The molecule has 0 saturated carbocycles. The van der Waals surface area contributed by atoms with Crippen molar-refractivity contribution in [3.8, 4) is 0 Å². The van der Waals surface area contributed by atoms with Gasteiger partial charge in [-0.15, -0.1) is 0 Å². The van der Waals surface area contributed by atoms with E-state index in [1.807, 2.05) is 104 Å². The molecule has 18 heteroatoms. The van der Waals surface area contributed by atoms with Crippen LogP contribution in [0.25, 0.3) is 43.1 Å². The Morgan fingerprint density at radius 1 is 0.170 bits per heavy atom. The third-order valence-corrected chi connectivity index (χ3v) is 19.3. The number of hydrogen-bond acceptors (Lipinski definition) is 14. The number of rotatable bonds is 0. The first kappa shape index (κ1) is 59.1. The summed E-state index contributed by atoms with van der Waals surface area (Å²) in [5.41, 5.74) is 14.8. The van der Waals surface area contributed by atoms with Crippen LogP contribution in [0.2, 0.25) is 0 Å². The van der Waals surface area contributed by atoms with Gasteiger partial charge in [-0.25, -0.2) is 39.1 Å². The molecule has 10 heterocycles. The minimum atomic E-state index is 0. The first-order valence-corrected chi connectivity index (χ1v) is 32.3. The van der Waals surface area contributed by atoms with Crippen LogP contribution in [0.1, 0.15) is 89.0 Å². The van der Waals surface area contributed by atoms with Crippen molar-refractivity contribution in [2.45, 2.75) is 0 Å². The van der Waals surface area contributed by atoms with Gasteiger partial charge in [-0.1, -0.05) is 190 Å². The molecule has 16 bridgehead atoms. The average Bonchev–Trinajstić information content (AvgIpc) is 1.59. The predicted molar refractivity (Wildman–Crippen MR) is 394 cm³/mol. The minimum absolute atomic E-state index is 0. The zero-order valence-corrected chi connectivity index (χ0v) is 57.4. The molecule has 10 aliphatic heterocycles. The second kappa shape index (κ2) is 22.7. The van der Waals surface area contributed by atoms with Crippen molar-refractivity contribution in [3.63, 3.8) is 0 Å². The molecule has 0 unspecified atom stereocenters. The predicted octanol–water partition coefficient (Wildman–Crippen LogP) is 13.5. The molecule has 0 radical (unpaired) electrons.